The molecule has 25 heavy (non-hydrogen) atoms. The lowest BCUT2D eigenvalue weighted by molar-refractivity contribution is -0.0512. The highest BCUT2D eigenvalue weighted by molar-refractivity contribution is 4.96. The highest BCUT2D eigenvalue weighted by atomic mass is 14.5. The molecule has 0 heteroatoms. The molecule has 0 aromatic rings. The molecule has 0 saturated carbocycles. The Kier molecular flexibility index (Phi) is 9.27. The molecule has 0 fully saturated rings. The Labute approximate surface area is 161 Å². The maximum atomic E-state index is 2.54. The second kappa shape index (κ2) is 9.27. The highest BCUT2D eigenvalue weighted by Crippen LogP contribution is 2.54. The van der Waals surface area contributed by atoms with Crippen molar-refractivity contribution in [3.8, 4) is 0 Å². The predicted molar refractivity (Wildman–Crippen MR) is 117 cm³/mol. The van der Waals surface area contributed by atoms with Crippen LogP contribution in [0.25, 0.3) is 0 Å². The molecule has 0 aromatic heterocycles. The van der Waals surface area contributed by atoms with Gasteiger partial charge in [-0.3, -0.25) is 0 Å². The monoisotopic (exact) mass is 352 g/mol. The Hall–Kier alpha value is 0. The SMILES string of the molecule is CC[C@@H](C)[C@@H](C)C(C)(C)C(C)(C)[C@H](C)[C@@H](C)[C@H](C)[C@H](C)[C@@H](C)C(C)C. The Morgan fingerprint density at radius 2 is 0.880 bits per heavy atom. The van der Waals surface area contributed by atoms with Crippen molar-refractivity contribution < 1.29 is 0 Å². The van der Waals surface area contributed by atoms with Gasteiger partial charge in [0.2, 0.25) is 0 Å². The van der Waals surface area contributed by atoms with Crippen molar-refractivity contribution in [3.63, 3.8) is 0 Å². The van der Waals surface area contributed by atoms with E-state index in [4.69, 9.17) is 0 Å². The third kappa shape index (κ3) is 5.26. The van der Waals surface area contributed by atoms with E-state index in [1.807, 2.05) is 0 Å². The van der Waals surface area contributed by atoms with Crippen LogP contribution in [-0.2, 0) is 0 Å². The maximum Gasteiger partial charge on any atom is -0.0272 e. The second-order valence-corrected chi connectivity index (χ2v) is 11.1. The first kappa shape index (κ1) is 25.0. The summed E-state index contributed by atoms with van der Waals surface area (Å²) in [6.07, 6.45) is 1.28. The average Bonchev–Trinajstić information content (AvgIpc) is 2.56. The molecule has 0 amide bonds. The third-order valence-electron chi connectivity index (χ3n) is 9.76. The molecule has 0 radical (unpaired) electrons. The lowest BCUT2D eigenvalue weighted by atomic mass is 9.51. The molecule has 0 spiro atoms. The molecule has 7 atom stereocenters. The van der Waals surface area contributed by atoms with Gasteiger partial charge in [0.1, 0.15) is 0 Å². The van der Waals surface area contributed by atoms with Crippen molar-refractivity contribution in [2.45, 2.75) is 103 Å². The largest absolute Gasteiger partial charge is 0.0651 e. The van der Waals surface area contributed by atoms with E-state index in [9.17, 15) is 0 Å². The zero-order chi connectivity index (χ0) is 20.3. The minimum atomic E-state index is 0.324. The third-order valence-corrected chi connectivity index (χ3v) is 9.76. The van der Waals surface area contributed by atoms with Gasteiger partial charge in [0, 0.05) is 0 Å². The Bertz CT molecular complexity index is 375. The van der Waals surface area contributed by atoms with Crippen LogP contribution in [0.1, 0.15) is 103 Å². The van der Waals surface area contributed by atoms with Crippen LogP contribution in [0.5, 0.6) is 0 Å². The van der Waals surface area contributed by atoms with E-state index in [1.165, 1.54) is 6.42 Å². The van der Waals surface area contributed by atoms with Gasteiger partial charge in [0.15, 0.2) is 0 Å². The van der Waals surface area contributed by atoms with Crippen LogP contribution in [-0.4, -0.2) is 0 Å². The summed E-state index contributed by atoms with van der Waals surface area (Å²) in [5.74, 6) is 6.10. The summed E-state index contributed by atoms with van der Waals surface area (Å²) in [6, 6.07) is 0. The van der Waals surface area contributed by atoms with Crippen LogP contribution in [0.15, 0.2) is 0 Å². The quantitative estimate of drug-likeness (QED) is 0.369. The first-order valence-corrected chi connectivity index (χ1v) is 11.1. The average molecular weight is 353 g/mol. The van der Waals surface area contributed by atoms with Crippen molar-refractivity contribution in [1.29, 1.82) is 0 Å². The first-order valence-electron chi connectivity index (χ1n) is 11.1. The van der Waals surface area contributed by atoms with Gasteiger partial charge < -0.3 is 0 Å². The van der Waals surface area contributed by atoms with Gasteiger partial charge in [-0.25, -0.2) is 0 Å². The van der Waals surface area contributed by atoms with Crippen molar-refractivity contribution in [1.82, 2.24) is 0 Å². The molecule has 0 N–H and O–H groups in total. The van der Waals surface area contributed by atoms with Gasteiger partial charge in [0.25, 0.3) is 0 Å². The van der Waals surface area contributed by atoms with Gasteiger partial charge >= 0.3 is 0 Å². The zero-order valence-corrected chi connectivity index (χ0v) is 20.3. The summed E-state index contributed by atoms with van der Waals surface area (Å²) < 4.78 is 0. The summed E-state index contributed by atoms with van der Waals surface area (Å²) in [5, 5.41) is 0. The molecule has 0 aliphatic heterocycles. The Balaban J connectivity index is 5.43. The minimum Gasteiger partial charge on any atom is -0.0651 e. The maximum absolute atomic E-state index is 2.54. The normalized spacial score (nSPS) is 22.2. The van der Waals surface area contributed by atoms with Crippen molar-refractivity contribution in [2.24, 2.45) is 58.2 Å². The Morgan fingerprint density at radius 3 is 1.24 bits per heavy atom. The molecule has 0 nitrogen and oxygen atoms in total. The first-order chi connectivity index (χ1) is 11.1. The number of hydrogen-bond donors (Lipinski definition) is 0. The lowest BCUT2D eigenvalue weighted by Gasteiger charge is -2.54. The number of rotatable bonds is 10. The summed E-state index contributed by atoms with van der Waals surface area (Å²) in [7, 11) is 0. The van der Waals surface area contributed by atoms with E-state index < -0.39 is 0 Å². The smallest absolute Gasteiger partial charge is 0.0272 e. The fraction of sp³-hybridized carbons (Fsp3) is 1.00. The van der Waals surface area contributed by atoms with Crippen molar-refractivity contribution >= 4 is 0 Å². The summed E-state index contributed by atoms with van der Waals surface area (Å²) >= 11 is 0. The van der Waals surface area contributed by atoms with Crippen LogP contribution >= 0.6 is 0 Å². The topological polar surface area (TPSA) is 0 Å². The molecule has 0 aromatic carbocycles. The molecule has 0 rings (SSSR count). The fourth-order valence-corrected chi connectivity index (χ4v) is 4.92. The molecule has 0 heterocycles. The minimum absolute atomic E-state index is 0.324. The van der Waals surface area contributed by atoms with Gasteiger partial charge in [0.05, 0.1) is 0 Å². The highest BCUT2D eigenvalue weighted by Gasteiger charge is 2.47. The summed E-state index contributed by atoms with van der Waals surface area (Å²) in [4.78, 5) is 0. The van der Waals surface area contributed by atoms with E-state index in [0.717, 1.165) is 41.4 Å². The molecule has 0 aliphatic carbocycles. The van der Waals surface area contributed by atoms with Crippen LogP contribution in [0.2, 0.25) is 0 Å². The number of hydrogen-bond acceptors (Lipinski definition) is 0. The fourth-order valence-electron chi connectivity index (χ4n) is 4.92. The van der Waals surface area contributed by atoms with E-state index in [1.54, 1.807) is 0 Å². The summed E-state index contributed by atoms with van der Waals surface area (Å²) in [6.45, 7) is 34.6. The molecule has 0 unspecified atom stereocenters. The van der Waals surface area contributed by atoms with Gasteiger partial charge in [-0.15, -0.1) is 0 Å². The molecule has 152 valence electrons. The standard InChI is InChI=1S/C25H52/c1-15-17(4)22(9)24(11,12)25(13,14)23(10)21(8)20(7)19(6)18(5)16(2)3/h16-23H,15H2,1-14H3/t17-,18+,19-,20-,21+,22-,23-/m1/s1. The molecular formula is C25H52. The molecule has 0 saturated heterocycles. The van der Waals surface area contributed by atoms with Crippen molar-refractivity contribution in [3.05, 3.63) is 0 Å². The molecule has 0 bridgehead atoms. The van der Waals surface area contributed by atoms with Crippen LogP contribution in [0.4, 0.5) is 0 Å². The van der Waals surface area contributed by atoms with Crippen LogP contribution in [0.3, 0.4) is 0 Å². The second-order valence-electron chi connectivity index (χ2n) is 11.1. The Morgan fingerprint density at radius 1 is 0.520 bits per heavy atom. The molecular weight excluding hydrogens is 300 g/mol. The van der Waals surface area contributed by atoms with E-state index in [-0.39, 0.29) is 0 Å². The zero-order valence-electron chi connectivity index (χ0n) is 20.3. The van der Waals surface area contributed by atoms with Crippen molar-refractivity contribution in [2.75, 3.05) is 0 Å². The van der Waals surface area contributed by atoms with Gasteiger partial charge in [-0.2, -0.15) is 0 Å². The van der Waals surface area contributed by atoms with E-state index in [0.29, 0.717) is 16.7 Å². The molecule has 0 aliphatic rings. The van der Waals surface area contributed by atoms with Crippen LogP contribution in [0, 0.1) is 58.2 Å². The van der Waals surface area contributed by atoms with Gasteiger partial charge in [-0.05, 0) is 58.2 Å². The van der Waals surface area contributed by atoms with Crippen LogP contribution < -0.4 is 0 Å². The summed E-state index contributed by atoms with van der Waals surface area (Å²) in [5.41, 5.74) is 0.660. The lowest BCUT2D eigenvalue weighted by Crippen LogP contribution is -2.47. The van der Waals surface area contributed by atoms with E-state index >= 15 is 0 Å². The van der Waals surface area contributed by atoms with Gasteiger partial charge in [-0.1, -0.05) is 103 Å². The van der Waals surface area contributed by atoms with E-state index in [2.05, 4.69) is 96.9 Å². The predicted octanol–water partition coefficient (Wildman–Crippen LogP) is 8.56.